The van der Waals surface area contributed by atoms with E-state index in [2.05, 4.69) is 133 Å². The molecule has 0 unspecified atom stereocenters. The normalized spacial score (nSPS) is 11.1. The molecule has 6 aromatic rings. The van der Waals surface area contributed by atoms with Gasteiger partial charge in [0, 0.05) is 0 Å². The molecule has 0 amide bonds. The summed E-state index contributed by atoms with van der Waals surface area (Å²) in [6.07, 6.45) is 0. The van der Waals surface area contributed by atoms with Crippen LogP contribution >= 0.6 is 0 Å². The molecule has 0 aromatic heterocycles. The van der Waals surface area contributed by atoms with E-state index in [4.69, 9.17) is 0 Å². The van der Waals surface area contributed by atoms with Gasteiger partial charge in [-0.25, -0.2) is 0 Å². The van der Waals surface area contributed by atoms with E-state index in [0.717, 1.165) is 0 Å². The van der Waals surface area contributed by atoms with E-state index in [1.165, 1.54) is 54.9 Å². The van der Waals surface area contributed by atoms with Gasteiger partial charge in [0.05, 0.1) is 0 Å². The fourth-order valence-corrected chi connectivity index (χ4v) is 4.66. The number of benzene rings is 6. The van der Waals surface area contributed by atoms with Gasteiger partial charge in [0.2, 0.25) is 0 Å². The minimum atomic E-state index is 1.24. The Morgan fingerprint density at radius 1 is 0.281 bits per heavy atom. The van der Waals surface area contributed by atoms with Crippen LogP contribution in [0.2, 0.25) is 0 Å². The second-order valence-electron chi connectivity index (χ2n) is 8.22. The molecule has 150 valence electrons. The van der Waals surface area contributed by atoms with Crippen LogP contribution in [0, 0.1) is 0 Å². The van der Waals surface area contributed by atoms with Crippen molar-refractivity contribution in [2.24, 2.45) is 0 Å². The van der Waals surface area contributed by atoms with Crippen molar-refractivity contribution >= 4 is 21.5 Å². The number of hydrogen-bond acceptors (Lipinski definition) is 0. The second kappa shape index (κ2) is 7.83. The van der Waals surface area contributed by atoms with Gasteiger partial charge in [-0.15, -0.1) is 0 Å². The maximum Gasteiger partial charge on any atom is -0.00266 e. The zero-order chi connectivity index (χ0) is 21.3. The van der Waals surface area contributed by atoms with Crippen LogP contribution in [0.5, 0.6) is 0 Å². The molecule has 0 fully saturated rings. The summed E-state index contributed by atoms with van der Waals surface area (Å²) in [7, 11) is 0. The molecule has 0 heteroatoms. The van der Waals surface area contributed by atoms with Crippen molar-refractivity contribution in [3.05, 3.63) is 133 Å². The van der Waals surface area contributed by atoms with Gasteiger partial charge in [-0.2, -0.15) is 0 Å². The van der Waals surface area contributed by atoms with Crippen LogP contribution in [-0.2, 0) is 0 Å². The van der Waals surface area contributed by atoms with Crippen molar-refractivity contribution in [2.45, 2.75) is 0 Å². The van der Waals surface area contributed by atoms with Gasteiger partial charge < -0.3 is 0 Å². The van der Waals surface area contributed by atoms with Gasteiger partial charge in [-0.3, -0.25) is 0 Å². The Bertz CT molecular complexity index is 1530. The van der Waals surface area contributed by atoms with Crippen LogP contribution in [0.15, 0.2) is 133 Å². The lowest BCUT2D eigenvalue weighted by atomic mass is 9.89. The Labute approximate surface area is 188 Å². The molecule has 0 saturated heterocycles. The Balaban J connectivity index is 1.66. The van der Waals surface area contributed by atoms with Crippen molar-refractivity contribution in [3.63, 3.8) is 0 Å². The minimum absolute atomic E-state index is 1.24. The summed E-state index contributed by atoms with van der Waals surface area (Å²) in [6, 6.07) is 48.0. The van der Waals surface area contributed by atoms with Gasteiger partial charge in [0.25, 0.3) is 0 Å². The van der Waals surface area contributed by atoms with Crippen molar-refractivity contribution in [1.29, 1.82) is 0 Å². The molecular formula is C32H22. The van der Waals surface area contributed by atoms with Gasteiger partial charge in [-0.05, 0) is 73.1 Å². The van der Waals surface area contributed by atoms with E-state index >= 15 is 0 Å². The summed E-state index contributed by atoms with van der Waals surface area (Å²) in [4.78, 5) is 0. The quantitative estimate of drug-likeness (QED) is 0.257. The van der Waals surface area contributed by atoms with Gasteiger partial charge in [-0.1, -0.05) is 115 Å². The van der Waals surface area contributed by atoms with Crippen molar-refractivity contribution < 1.29 is 0 Å². The van der Waals surface area contributed by atoms with Crippen molar-refractivity contribution in [1.82, 2.24) is 0 Å². The van der Waals surface area contributed by atoms with Crippen LogP contribution in [-0.4, -0.2) is 0 Å². The first-order chi connectivity index (χ1) is 15.9. The topological polar surface area (TPSA) is 0 Å². The van der Waals surface area contributed by atoms with Crippen LogP contribution in [0.3, 0.4) is 0 Å². The van der Waals surface area contributed by atoms with Crippen LogP contribution in [0.25, 0.3) is 54.9 Å². The second-order valence-corrected chi connectivity index (χ2v) is 8.22. The number of rotatable bonds is 3. The molecule has 32 heavy (non-hydrogen) atoms. The molecule has 0 N–H and O–H groups in total. The highest BCUT2D eigenvalue weighted by atomic mass is 14.2. The summed E-state index contributed by atoms with van der Waals surface area (Å²) in [6.45, 7) is 0. The molecular weight excluding hydrogens is 384 g/mol. The lowest BCUT2D eigenvalue weighted by molar-refractivity contribution is 1.63. The summed E-state index contributed by atoms with van der Waals surface area (Å²) in [5, 5.41) is 5.11. The molecule has 0 atom stereocenters. The molecule has 0 nitrogen and oxygen atoms in total. The smallest absolute Gasteiger partial charge is 0.00266 e. The monoisotopic (exact) mass is 406 g/mol. The average molecular weight is 407 g/mol. The minimum Gasteiger partial charge on any atom is -0.0622 e. The predicted molar refractivity (Wildman–Crippen MR) is 138 cm³/mol. The standard InChI is InChI=1S/C32H22/c1-4-10-23(11-5-1)26-18-19-30-29(20-26)21-28-17-16-27(24-12-6-2-7-13-24)22-31(28)32(30)25-14-8-3-9-15-25/h1-22H. The van der Waals surface area contributed by atoms with Gasteiger partial charge >= 0.3 is 0 Å². The molecule has 0 aliphatic heterocycles. The van der Waals surface area contributed by atoms with Crippen LogP contribution < -0.4 is 0 Å². The number of fused-ring (bicyclic) bond motifs is 2. The van der Waals surface area contributed by atoms with E-state index in [1.54, 1.807) is 0 Å². The van der Waals surface area contributed by atoms with Crippen LogP contribution in [0.4, 0.5) is 0 Å². The summed E-state index contributed by atoms with van der Waals surface area (Å²) < 4.78 is 0. The first kappa shape index (κ1) is 18.6. The van der Waals surface area contributed by atoms with E-state index < -0.39 is 0 Å². The Morgan fingerprint density at radius 3 is 1.44 bits per heavy atom. The van der Waals surface area contributed by atoms with E-state index in [-0.39, 0.29) is 0 Å². The molecule has 0 heterocycles. The zero-order valence-electron chi connectivity index (χ0n) is 17.7. The summed E-state index contributed by atoms with van der Waals surface area (Å²) in [5.41, 5.74) is 7.53. The van der Waals surface area contributed by atoms with Crippen molar-refractivity contribution in [2.75, 3.05) is 0 Å². The Hall–Kier alpha value is -4.16. The van der Waals surface area contributed by atoms with Crippen LogP contribution in [0.1, 0.15) is 0 Å². The molecule has 6 rings (SSSR count). The fraction of sp³-hybridized carbons (Fsp3) is 0. The predicted octanol–water partition coefficient (Wildman–Crippen LogP) is 8.99. The van der Waals surface area contributed by atoms with E-state index in [0.29, 0.717) is 0 Å². The summed E-state index contributed by atoms with van der Waals surface area (Å²) >= 11 is 0. The highest BCUT2D eigenvalue weighted by molar-refractivity contribution is 6.14. The highest BCUT2D eigenvalue weighted by Crippen LogP contribution is 2.39. The third-order valence-electron chi connectivity index (χ3n) is 6.23. The van der Waals surface area contributed by atoms with Gasteiger partial charge in [0.1, 0.15) is 0 Å². The fourth-order valence-electron chi connectivity index (χ4n) is 4.66. The van der Waals surface area contributed by atoms with E-state index in [9.17, 15) is 0 Å². The first-order valence-corrected chi connectivity index (χ1v) is 11.0. The maximum atomic E-state index is 2.34. The summed E-state index contributed by atoms with van der Waals surface area (Å²) in [5.74, 6) is 0. The molecule has 0 radical (unpaired) electrons. The number of hydrogen-bond donors (Lipinski definition) is 0. The SMILES string of the molecule is c1ccc(-c2ccc3c(-c4ccccc4)c4cc(-c5ccccc5)ccc4cc3c2)cc1. The third kappa shape index (κ3) is 3.27. The Morgan fingerprint density at radius 2 is 0.812 bits per heavy atom. The highest BCUT2D eigenvalue weighted by Gasteiger charge is 2.12. The average Bonchev–Trinajstić information content (AvgIpc) is 2.88. The van der Waals surface area contributed by atoms with E-state index in [1.807, 2.05) is 0 Å². The maximum absolute atomic E-state index is 2.34. The van der Waals surface area contributed by atoms with Crippen molar-refractivity contribution in [3.8, 4) is 33.4 Å². The third-order valence-corrected chi connectivity index (χ3v) is 6.23. The molecule has 0 aliphatic rings. The molecule has 6 aromatic carbocycles. The molecule has 0 aliphatic carbocycles. The lowest BCUT2D eigenvalue weighted by Gasteiger charge is -2.15. The molecule has 0 bridgehead atoms. The molecule has 0 spiro atoms. The molecule has 0 saturated carbocycles. The van der Waals surface area contributed by atoms with Gasteiger partial charge in [0.15, 0.2) is 0 Å². The Kier molecular flexibility index (Phi) is 4.55. The first-order valence-electron chi connectivity index (χ1n) is 11.0. The largest absolute Gasteiger partial charge is 0.0622 e. The zero-order valence-corrected chi connectivity index (χ0v) is 17.7. The lowest BCUT2D eigenvalue weighted by Crippen LogP contribution is -1.88.